The average Bonchev–Trinajstić information content (AvgIpc) is 2.73. The molecule has 2 aromatic rings. The minimum absolute atomic E-state index is 0.0646. The molecule has 144 valence electrons. The summed E-state index contributed by atoms with van der Waals surface area (Å²) in [6.45, 7) is 4.64. The van der Waals surface area contributed by atoms with E-state index in [-0.39, 0.29) is 12.1 Å². The van der Waals surface area contributed by atoms with Crippen LogP contribution in [-0.2, 0) is 0 Å². The molecule has 1 unspecified atom stereocenters. The third-order valence-corrected chi connectivity index (χ3v) is 4.66. The van der Waals surface area contributed by atoms with Crippen LogP contribution in [0.15, 0.2) is 36.7 Å². The zero-order chi connectivity index (χ0) is 19.2. The van der Waals surface area contributed by atoms with Crippen LogP contribution in [0.4, 0.5) is 10.6 Å². The monoisotopic (exact) mass is 371 g/mol. The average molecular weight is 371 g/mol. The zero-order valence-electron chi connectivity index (χ0n) is 15.9. The van der Waals surface area contributed by atoms with Crippen molar-refractivity contribution in [1.82, 2.24) is 20.2 Å². The third kappa shape index (κ3) is 4.58. The Morgan fingerprint density at radius 2 is 1.89 bits per heavy atom. The van der Waals surface area contributed by atoms with Gasteiger partial charge in [0, 0.05) is 32.2 Å². The van der Waals surface area contributed by atoms with Crippen molar-refractivity contribution < 1.29 is 14.3 Å². The lowest BCUT2D eigenvalue weighted by Gasteiger charge is -2.35. The van der Waals surface area contributed by atoms with E-state index in [0.29, 0.717) is 32.1 Å². The van der Waals surface area contributed by atoms with Gasteiger partial charge in [0.25, 0.3) is 0 Å². The maximum atomic E-state index is 12.6. The molecule has 0 aliphatic carbocycles. The van der Waals surface area contributed by atoms with Crippen LogP contribution in [0.2, 0.25) is 0 Å². The minimum Gasteiger partial charge on any atom is -0.497 e. The van der Waals surface area contributed by atoms with E-state index in [0.717, 1.165) is 17.1 Å². The Labute approximate surface area is 159 Å². The summed E-state index contributed by atoms with van der Waals surface area (Å²) in [5, 5.41) is 3.06. The topological polar surface area (TPSA) is 79.8 Å². The fourth-order valence-corrected chi connectivity index (χ4v) is 3.02. The molecule has 1 N–H and O–H groups in total. The maximum Gasteiger partial charge on any atom is 0.317 e. The van der Waals surface area contributed by atoms with Crippen LogP contribution in [0.1, 0.15) is 18.5 Å². The molecule has 2 amide bonds. The first-order valence-electron chi connectivity index (χ1n) is 8.91. The number of piperazine rings is 1. The van der Waals surface area contributed by atoms with Crippen LogP contribution in [-0.4, -0.2) is 61.3 Å². The number of benzene rings is 1. The number of hydrogen-bond donors (Lipinski definition) is 1. The lowest BCUT2D eigenvalue weighted by Crippen LogP contribution is -2.52. The fraction of sp³-hybridized carbons (Fsp3) is 0.421. The van der Waals surface area contributed by atoms with Crippen LogP contribution < -0.4 is 19.7 Å². The van der Waals surface area contributed by atoms with Gasteiger partial charge in [-0.3, -0.25) is 0 Å². The highest BCUT2D eigenvalue weighted by Crippen LogP contribution is 2.20. The summed E-state index contributed by atoms with van der Waals surface area (Å²) in [5.41, 5.74) is 1.01. The number of carbonyl (C=O) groups excluding carboxylic acids is 1. The van der Waals surface area contributed by atoms with E-state index in [1.165, 1.54) is 6.33 Å². The van der Waals surface area contributed by atoms with E-state index in [9.17, 15) is 4.79 Å². The number of ether oxygens (including phenoxy) is 2. The van der Waals surface area contributed by atoms with Crippen molar-refractivity contribution in [3.05, 3.63) is 42.2 Å². The van der Waals surface area contributed by atoms with E-state index in [1.54, 1.807) is 20.3 Å². The summed E-state index contributed by atoms with van der Waals surface area (Å²) >= 11 is 0. The third-order valence-electron chi connectivity index (χ3n) is 4.66. The molecular formula is C19H25N5O3. The molecule has 0 saturated carbocycles. The highest BCUT2D eigenvalue weighted by atomic mass is 16.5. The Balaban J connectivity index is 1.54. The van der Waals surface area contributed by atoms with Crippen molar-refractivity contribution in [3.63, 3.8) is 0 Å². The number of hydrogen-bond acceptors (Lipinski definition) is 6. The molecule has 1 atom stereocenters. The Kier molecular flexibility index (Phi) is 5.95. The van der Waals surface area contributed by atoms with Gasteiger partial charge in [-0.25, -0.2) is 14.8 Å². The second kappa shape index (κ2) is 8.57. The van der Waals surface area contributed by atoms with Gasteiger partial charge in [0.1, 0.15) is 17.9 Å². The molecule has 1 aromatic heterocycles. The van der Waals surface area contributed by atoms with Gasteiger partial charge < -0.3 is 24.6 Å². The predicted octanol–water partition coefficient (Wildman–Crippen LogP) is 2.09. The highest BCUT2D eigenvalue weighted by molar-refractivity contribution is 5.75. The van der Waals surface area contributed by atoms with Crippen molar-refractivity contribution in [2.24, 2.45) is 0 Å². The number of methoxy groups -OCH3 is 2. The van der Waals surface area contributed by atoms with E-state index >= 15 is 0 Å². The number of amides is 2. The summed E-state index contributed by atoms with van der Waals surface area (Å²) in [6.07, 6.45) is 1.49. The molecule has 3 rings (SSSR count). The molecule has 8 nitrogen and oxygen atoms in total. The Bertz CT molecular complexity index is 777. The number of rotatable bonds is 5. The van der Waals surface area contributed by atoms with Gasteiger partial charge in [-0.15, -0.1) is 0 Å². The van der Waals surface area contributed by atoms with Crippen molar-refractivity contribution in [2.45, 2.75) is 13.0 Å². The first-order valence-corrected chi connectivity index (χ1v) is 8.91. The van der Waals surface area contributed by atoms with Crippen molar-refractivity contribution >= 4 is 11.8 Å². The van der Waals surface area contributed by atoms with Crippen LogP contribution in [0, 0.1) is 0 Å². The standard InChI is InChI=1S/C19H25N5O3/c1-14(15-5-4-6-16(11-15)26-2)22-19(25)24-9-7-23(8-10-24)17-12-18(27-3)21-13-20-17/h4-6,11-14H,7-10H2,1-3H3,(H,22,25). The molecule has 0 bridgehead atoms. The number of aromatic nitrogens is 2. The van der Waals surface area contributed by atoms with Crippen molar-refractivity contribution in [3.8, 4) is 11.6 Å². The minimum atomic E-state index is -0.100. The van der Waals surface area contributed by atoms with E-state index in [2.05, 4.69) is 20.2 Å². The summed E-state index contributed by atoms with van der Waals surface area (Å²) in [6, 6.07) is 9.37. The molecule has 1 saturated heterocycles. The largest absolute Gasteiger partial charge is 0.497 e. The Hall–Kier alpha value is -3.03. The lowest BCUT2D eigenvalue weighted by molar-refractivity contribution is 0.191. The SMILES string of the molecule is COc1cccc(C(C)NC(=O)N2CCN(c3cc(OC)ncn3)CC2)c1. The zero-order valence-corrected chi connectivity index (χ0v) is 15.9. The summed E-state index contributed by atoms with van der Waals surface area (Å²) < 4.78 is 10.4. The van der Waals surface area contributed by atoms with Gasteiger partial charge in [-0.2, -0.15) is 0 Å². The molecule has 8 heteroatoms. The summed E-state index contributed by atoms with van der Waals surface area (Å²) in [5.74, 6) is 2.13. The Morgan fingerprint density at radius 3 is 2.59 bits per heavy atom. The van der Waals surface area contributed by atoms with E-state index in [1.807, 2.05) is 36.1 Å². The van der Waals surface area contributed by atoms with E-state index in [4.69, 9.17) is 9.47 Å². The smallest absolute Gasteiger partial charge is 0.317 e. The second-order valence-electron chi connectivity index (χ2n) is 6.34. The predicted molar refractivity (Wildman–Crippen MR) is 102 cm³/mol. The highest BCUT2D eigenvalue weighted by Gasteiger charge is 2.23. The van der Waals surface area contributed by atoms with Gasteiger partial charge in [0.05, 0.1) is 20.3 Å². The molecule has 27 heavy (non-hydrogen) atoms. The van der Waals surface area contributed by atoms with Gasteiger partial charge >= 0.3 is 6.03 Å². The van der Waals surface area contributed by atoms with Crippen LogP contribution in [0.5, 0.6) is 11.6 Å². The first-order chi connectivity index (χ1) is 13.1. The first kappa shape index (κ1) is 18.8. The number of urea groups is 1. The van der Waals surface area contributed by atoms with Gasteiger partial charge in [-0.05, 0) is 24.6 Å². The molecule has 1 fully saturated rings. The fourth-order valence-electron chi connectivity index (χ4n) is 3.02. The molecule has 1 aliphatic heterocycles. The van der Waals surface area contributed by atoms with Gasteiger partial charge in [-0.1, -0.05) is 12.1 Å². The van der Waals surface area contributed by atoms with Crippen LogP contribution in [0.25, 0.3) is 0 Å². The number of nitrogens with one attached hydrogen (secondary N) is 1. The molecule has 0 radical (unpaired) electrons. The van der Waals surface area contributed by atoms with Gasteiger partial charge in [0.2, 0.25) is 5.88 Å². The van der Waals surface area contributed by atoms with Crippen LogP contribution in [0.3, 0.4) is 0 Å². The van der Waals surface area contributed by atoms with Gasteiger partial charge in [0.15, 0.2) is 0 Å². The molecular weight excluding hydrogens is 346 g/mol. The lowest BCUT2D eigenvalue weighted by atomic mass is 10.1. The summed E-state index contributed by atoms with van der Waals surface area (Å²) in [7, 11) is 3.22. The maximum absolute atomic E-state index is 12.6. The molecule has 0 spiro atoms. The van der Waals surface area contributed by atoms with E-state index < -0.39 is 0 Å². The normalized spacial score (nSPS) is 15.2. The van der Waals surface area contributed by atoms with Crippen molar-refractivity contribution in [2.75, 3.05) is 45.3 Å². The quantitative estimate of drug-likeness (QED) is 0.867. The van der Waals surface area contributed by atoms with Crippen LogP contribution >= 0.6 is 0 Å². The van der Waals surface area contributed by atoms with Crippen molar-refractivity contribution in [1.29, 1.82) is 0 Å². The Morgan fingerprint density at radius 1 is 1.11 bits per heavy atom. The number of nitrogens with zero attached hydrogens (tertiary/aromatic N) is 4. The molecule has 1 aromatic carbocycles. The number of carbonyl (C=O) groups is 1. The summed E-state index contributed by atoms with van der Waals surface area (Å²) in [4.78, 5) is 24.9. The second-order valence-corrected chi connectivity index (χ2v) is 6.34. The molecule has 1 aliphatic rings. The molecule has 2 heterocycles. The number of anilines is 1.